The summed E-state index contributed by atoms with van der Waals surface area (Å²) in [6.45, 7) is 3.98. The molecule has 0 fully saturated rings. The van der Waals surface area contributed by atoms with Crippen molar-refractivity contribution in [2.75, 3.05) is 5.73 Å². The van der Waals surface area contributed by atoms with Gasteiger partial charge in [-0.15, -0.1) is 5.10 Å². The van der Waals surface area contributed by atoms with Crippen LogP contribution in [0.15, 0.2) is 24.3 Å². The first-order valence-electron chi connectivity index (χ1n) is 6.51. The third-order valence-corrected chi connectivity index (χ3v) is 3.02. The molecular weight excluding hydrogens is 252 g/mol. The molecule has 0 atom stereocenters. The van der Waals surface area contributed by atoms with Crippen LogP contribution < -0.4 is 10.5 Å². The van der Waals surface area contributed by atoms with Crippen LogP contribution in [0.2, 0.25) is 0 Å². The zero-order valence-electron chi connectivity index (χ0n) is 11.6. The minimum absolute atomic E-state index is 0.242. The van der Waals surface area contributed by atoms with Crippen molar-refractivity contribution in [3.05, 3.63) is 41.1 Å². The van der Waals surface area contributed by atoms with Gasteiger partial charge in [-0.25, -0.2) is 0 Å². The van der Waals surface area contributed by atoms with Gasteiger partial charge in [0.25, 0.3) is 5.88 Å². The molecule has 2 N–H and O–H groups in total. The Labute approximate surface area is 118 Å². The number of rotatable bonds is 4. The molecule has 0 bridgehead atoms. The number of aryl methyl sites for hydroxylation is 1. The van der Waals surface area contributed by atoms with E-state index in [2.05, 4.69) is 16.3 Å². The number of ether oxygens (including phenoxy) is 1. The molecule has 0 amide bonds. The highest BCUT2D eigenvalue weighted by atomic mass is 16.5. The highest BCUT2D eigenvalue weighted by Gasteiger charge is 2.15. The van der Waals surface area contributed by atoms with Crippen molar-refractivity contribution in [2.45, 2.75) is 26.7 Å². The second-order valence-corrected chi connectivity index (χ2v) is 4.30. The third-order valence-electron chi connectivity index (χ3n) is 3.02. The Morgan fingerprint density at radius 2 is 1.85 bits per heavy atom. The molecular formula is C15H16N4O. The van der Waals surface area contributed by atoms with Gasteiger partial charge in [-0.2, -0.15) is 10.4 Å². The summed E-state index contributed by atoms with van der Waals surface area (Å²) in [5, 5.41) is 17.5. The first kappa shape index (κ1) is 13.8. The third kappa shape index (κ3) is 2.69. The van der Waals surface area contributed by atoms with Crippen LogP contribution in [0.3, 0.4) is 0 Å². The monoisotopic (exact) mass is 268 g/mol. The molecule has 1 aromatic carbocycles. The van der Waals surface area contributed by atoms with E-state index in [0.717, 1.165) is 24.1 Å². The summed E-state index contributed by atoms with van der Waals surface area (Å²) < 4.78 is 5.65. The van der Waals surface area contributed by atoms with Gasteiger partial charge in [0.05, 0.1) is 5.69 Å². The van der Waals surface area contributed by atoms with E-state index in [4.69, 9.17) is 10.5 Å². The molecule has 0 radical (unpaired) electrons. The van der Waals surface area contributed by atoms with E-state index in [-0.39, 0.29) is 5.88 Å². The van der Waals surface area contributed by atoms with Gasteiger partial charge in [0, 0.05) is 5.69 Å². The Morgan fingerprint density at radius 3 is 2.40 bits per heavy atom. The molecule has 0 aliphatic rings. The summed E-state index contributed by atoms with van der Waals surface area (Å²) >= 11 is 0. The number of nitrogen functional groups attached to an aromatic ring is 1. The van der Waals surface area contributed by atoms with Gasteiger partial charge in [-0.05, 0) is 42.7 Å². The lowest BCUT2D eigenvalue weighted by Crippen LogP contribution is -2.05. The predicted octanol–water partition coefficient (Wildman–Crippen LogP) is 2.85. The predicted molar refractivity (Wildman–Crippen MR) is 76.4 cm³/mol. The smallest absolute Gasteiger partial charge is 0.257 e. The van der Waals surface area contributed by atoms with E-state index in [1.165, 1.54) is 0 Å². The highest BCUT2D eigenvalue weighted by molar-refractivity contribution is 5.48. The Hall–Kier alpha value is -2.61. The lowest BCUT2D eigenvalue weighted by molar-refractivity contribution is 0.451. The second-order valence-electron chi connectivity index (χ2n) is 4.30. The highest BCUT2D eigenvalue weighted by Crippen LogP contribution is 2.26. The van der Waals surface area contributed by atoms with Crippen molar-refractivity contribution in [3.63, 3.8) is 0 Å². The van der Waals surface area contributed by atoms with Gasteiger partial charge in [-0.1, -0.05) is 13.8 Å². The molecule has 2 rings (SSSR count). The molecule has 1 heterocycles. The van der Waals surface area contributed by atoms with Gasteiger partial charge in [0.15, 0.2) is 0 Å². The minimum Gasteiger partial charge on any atom is -0.437 e. The maximum absolute atomic E-state index is 9.35. The number of nitrogens with zero attached hydrogens (tertiary/aromatic N) is 3. The van der Waals surface area contributed by atoms with Gasteiger partial charge < -0.3 is 10.5 Å². The maximum Gasteiger partial charge on any atom is 0.257 e. The largest absolute Gasteiger partial charge is 0.437 e. The molecule has 0 saturated heterocycles. The molecule has 1 aromatic heterocycles. The van der Waals surface area contributed by atoms with Crippen molar-refractivity contribution in [1.82, 2.24) is 10.2 Å². The topological polar surface area (TPSA) is 84.8 Å². The molecule has 2 aromatic rings. The van der Waals surface area contributed by atoms with Crippen LogP contribution in [-0.2, 0) is 12.8 Å². The molecule has 102 valence electrons. The average Bonchev–Trinajstić information content (AvgIpc) is 2.48. The average molecular weight is 268 g/mol. The van der Waals surface area contributed by atoms with E-state index >= 15 is 0 Å². The van der Waals surface area contributed by atoms with Gasteiger partial charge in [-0.3, -0.25) is 0 Å². The fourth-order valence-corrected chi connectivity index (χ4v) is 1.99. The molecule has 0 spiro atoms. The molecule has 0 aliphatic carbocycles. The van der Waals surface area contributed by atoms with Crippen LogP contribution in [0.5, 0.6) is 11.6 Å². The molecule has 5 heteroatoms. The Kier molecular flexibility index (Phi) is 4.16. The quantitative estimate of drug-likeness (QED) is 0.862. The van der Waals surface area contributed by atoms with Crippen LogP contribution >= 0.6 is 0 Å². The summed E-state index contributed by atoms with van der Waals surface area (Å²) in [7, 11) is 0. The van der Waals surface area contributed by atoms with Crippen molar-refractivity contribution < 1.29 is 4.74 Å². The van der Waals surface area contributed by atoms with E-state index in [0.29, 0.717) is 17.0 Å². The van der Waals surface area contributed by atoms with Crippen LogP contribution in [0.4, 0.5) is 5.69 Å². The second kappa shape index (κ2) is 6.02. The van der Waals surface area contributed by atoms with E-state index in [1.807, 2.05) is 13.8 Å². The first-order valence-corrected chi connectivity index (χ1v) is 6.51. The minimum atomic E-state index is 0.242. The first-order chi connectivity index (χ1) is 9.69. The molecule has 0 saturated carbocycles. The van der Waals surface area contributed by atoms with Crippen molar-refractivity contribution >= 4 is 5.69 Å². The lowest BCUT2D eigenvalue weighted by atomic mass is 10.0. The molecule has 0 unspecified atom stereocenters. The van der Waals surface area contributed by atoms with E-state index in [9.17, 15) is 5.26 Å². The molecule has 5 nitrogen and oxygen atoms in total. The zero-order valence-corrected chi connectivity index (χ0v) is 11.6. The van der Waals surface area contributed by atoms with Gasteiger partial charge in [0.1, 0.15) is 17.4 Å². The van der Waals surface area contributed by atoms with E-state index in [1.54, 1.807) is 24.3 Å². The zero-order chi connectivity index (χ0) is 14.5. The van der Waals surface area contributed by atoms with Crippen LogP contribution in [0, 0.1) is 11.3 Å². The Balaban J connectivity index is 2.42. The fraction of sp³-hybridized carbons (Fsp3) is 0.267. The van der Waals surface area contributed by atoms with Crippen molar-refractivity contribution in [2.24, 2.45) is 0 Å². The normalized spacial score (nSPS) is 10.1. The number of aromatic nitrogens is 2. The van der Waals surface area contributed by atoms with Crippen molar-refractivity contribution in [1.29, 1.82) is 5.26 Å². The molecule has 20 heavy (non-hydrogen) atoms. The number of anilines is 1. The number of nitriles is 1. The lowest BCUT2D eigenvalue weighted by Gasteiger charge is -2.11. The molecule has 0 aliphatic heterocycles. The summed E-state index contributed by atoms with van der Waals surface area (Å²) in [5.41, 5.74) is 8.47. The van der Waals surface area contributed by atoms with Gasteiger partial charge in [0.2, 0.25) is 0 Å². The van der Waals surface area contributed by atoms with Crippen molar-refractivity contribution in [3.8, 4) is 17.7 Å². The van der Waals surface area contributed by atoms with E-state index < -0.39 is 0 Å². The standard InChI is InChI=1S/C15H16N4O/c1-3-12-13(9-16)15(19-18-14(12)4-2)20-11-7-5-10(17)6-8-11/h5-8H,3-4,17H2,1-2H3. The van der Waals surface area contributed by atoms with Crippen LogP contribution in [0.25, 0.3) is 0 Å². The summed E-state index contributed by atoms with van der Waals surface area (Å²) in [4.78, 5) is 0. The number of nitrogens with two attached hydrogens (primary N) is 1. The Bertz CT molecular complexity index is 644. The fourth-order valence-electron chi connectivity index (χ4n) is 1.99. The van der Waals surface area contributed by atoms with Gasteiger partial charge >= 0.3 is 0 Å². The van der Waals surface area contributed by atoms with Crippen LogP contribution in [0.1, 0.15) is 30.7 Å². The van der Waals surface area contributed by atoms with Crippen LogP contribution in [-0.4, -0.2) is 10.2 Å². The SMILES string of the molecule is CCc1nnc(Oc2ccc(N)cc2)c(C#N)c1CC. The number of hydrogen-bond donors (Lipinski definition) is 1. The number of hydrogen-bond acceptors (Lipinski definition) is 5. The Morgan fingerprint density at radius 1 is 1.15 bits per heavy atom. The number of benzene rings is 1. The summed E-state index contributed by atoms with van der Waals surface area (Å²) in [6, 6.07) is 9.10. The summed E-state index contributed by atoms with van der Waals surface area (Å²) in [6.07, 6.45) is 1.46. The maximum atomic E-state index is 9.35. The summed E-state index contributed by atoms with van der Waals surface area (Å²) in [5.74, 6) is 0.822.